The minimum Gasteiger partial charge on any atom is -0.396 e. The van der Waals surface area contributed by atoms with Crippen LogP contribution in [0, 0.1) is 6.92 Å². The van der Waals surface area contributed by atoms with Gasteiger partial charge in [0.25, 0.3) is 5.91 Å². The molecule has 2 aromatic rings. The number of anilines is 1. The van der Waals surface area contributed by atoms with Crippen LogP contribution in [0.3, 0.4) is 0 Å². The third-order valence-corrected chi connectivity index (χ3v) is 2.84. The maximum absolute atomic E-state index is 12.1. The number of para-hydroxylation sites is 1. The van der Waals surface area contributed by atoms with Crippen molar-refractivity contribution in [1.29, 1.82) is 0 Å². The molecule has 0 bridgehead atoms. The Kier molecular flexibility index (Phi) is 4.26. The zero-order chi connectivity index (χ0) is 13.7. The maximum atomic E-state index is 12.1. The van der Waals surface area contributed by atoms with Gasteiger partial charge in [0, 0.05) is 36.2 Å². The number of aromatic nitrogens is 1. The van der Waals surface area contributed by atoms with Crippen LogP contribution in [-0.2, 0) is 6.42 Å². The van der Waals surface area contributed by atoms with Gasteiger partial charge in [0.1, 0.15) is 0 Å². The molecule has 0 aliphatic rings. The van der Waals surface area contributed by atoms with E-state index in [1.54, 1.807) is 18.3 Å². The molecule has 1 amide bonds. The first kappa shape index (κ1) is 13.2. The molecule has 0 saturated heterocycles. The molecule has 2 rings (SSSR count). The number of hydrogen-bond donors (Lipinski definition) is 2. The fourth-order valence-corrected chi connectivity index (χ4v) is 1.78. The van der Waals surface area contributed by atoms with Crippen LogP contribution < -0.4 is 5.32 Å². The fraction of sp³-hybridized carbons (Fsp3) is 0.200. The average Bonchev–Trinajstić information content (AvgIpc) is 2.42. The summed E-state index contributed by atoms with van der Waals surface area (Å²) in [6.45, 7) is 1.97. The van der Waals surface area contributed by atoms with Gasteiger partial charge in [-0.1, -0.05) is 18.2 Å². The Bertz CT molecular complexity index is 582. The number of aryl methyl sites for hydroxylation is 1. The third kappa shape index (κ3) is 3.39. The summed E-state index contributed by atoms with van der Waals surface area (Å²) >= 11 is 0. The van der Waals surface area contributed by atoms with Crippen molar-refractivity contribution < 1.29 is 9.90 Å². The molecular formula is C15H16N2O2. The molecule has 19 heavy (non-hydrogen) atoms. The molecule has 0 atom stereocenters. The lowest BCUT2D eigenvalue weighted by Gasteiger charge is -2.08. The predicted molar refractivity (Wildman–Crippen MR) is 74.2 cm³/mol. The number of pyridine rings is 1. The van der Waals surface area contributed by atoms with Crippen LogP contribution in [0.4, 0.5) is 5.69 Å². The van der Waals surface area contributed by atoms with Crippen LogP contribution in [0.25, 0.3) is 0 Å². The summed E-state index contributed by atoms with van der Waals surface area (Å²) in [7, 11) is 0. The number of amides is 1. The zero-order valence-electron chi connectivity index (χ0n) is 10.8. The monoisotopic (exact) mass is 256 g/mol. The second-order valence-corrected chi connectivity index (χ2v) is 4.28. The second kappa shape index (κ2) is 6.11. The van der Waals surface area contributed by atoms with E-state index in [1.165, 1.54) is 0 Å². The Balaban J connectivity index is 2.16. The number of aliphatic hydroxyl groups is 1. The van der Waals surface area contributed by atoms with E-state index in [2.05, 4.69) is 10.3 Å². The molecule has 4 nitrogen and oxygen atoms in total. The van der Waals surface area contributed by atoms with Crippen LogP contribution in [-0.4, -0.2) is 22.6 Å². The highest BCUT2D eigenvalue weighted by atomic mass is 16.3. The largest absolute Gasteiger partial charge is 0.396 e. The molecule has 0 aliphatic heterocycles. The Morgan fingerprint density at radius 1 is 1.32 bits per heavy atom. The molecule has 1 aromatic heterocycles. The van der Waals surface area contributed by atoms with Gasteiger partial charge in [0.2, 0.25) is 0 Å². The lowest BCUT2D eigenvalue weighted by atomic mass is 10.1. The van der Waals surface area contributed by atoms with Gasteiger partial charge in [-0.15, -0.1) is 0 Å². The second-order valence-electron chi connectivity index (χ2n) is 4.28. The van der Waals surface area contributed by atoms with Crippen LogP contribution in [0.1, 0.15) is 21.6 Å². The Morgan fingerprint density at radius 2 is 2.11 bits per heavy atom. The van der Waals surface area contributed by atoms with Crippen molar-refractivity contribution in [3.8, 4) is 0 Å². The number of nitrogens with one attached hydrogen (secondary N) is 1. The molecule has 0 radical (unpaired) electrons. The van der Waals surface area contributed by atoms with Gasteiger partial charge in [0.05, 0.1) is 0 Å². The number of carbonyl (C=O) groups excluding carboxylic acids is 1. The van der Waals surface area contributed by atoms with Gasteiger partial charge >= 0.3 is 0 Å². The SMILES string of the molecule is Cc1ccccc1NC(=O)c1ccnc(CCO)c1. The highest BCUT2D eigenvalue weighted by Crippen LogP contribution is 2.14. The number of benzene rings is 1. The van der Waals surface area contributed by atoms with E-state index in [0.717, 1.165) is 11.3 Å². The van der Waals surface area contributed by atoms with Crippen molar-refractivity contribution in [1.82, 2.24) is 4.98 Å². The van der Waals surface area contributed by atoms with Gasteiger partial charge < -0.3 is 10.4 Å². The molecule has 1 aromatic carbocycles. The van der Waals surface area contributed by atoms with E-state index in [0.29, 0.717) is 17.7 Å². The minimum atomic E-state index is -0.170. The number of carbonyl (C=O) groups is 1. The summed E-state index contributed by atoms with van der Waals surface area (Å²) in [6, 6.07) is 11.0. The van der Waals surface area contributed by atoms with Crippen molar-refractivity contribution in [2.75, 3.05) is 11.9 Å². The van der Waals surface area contributed by atoms with E-state index < -0.39 is 0 Å². The molecule has 0 spiro atoms. The van der Waals surface area contributed by atoms with E-state index in [4.69, 9.17) is 5.11 Å². The fourth-order valence-electron chi connectivity index (χ4n) is 1.78. The molecule has 2 N–H and O–H groups in total. The Labute approximate surface area is 112 Å². The van der Waals surface area contributed by atoms with E-state index >= 15 is 0 Å². The molecule has 0 saturated carbocycles. The van der Waals surface area contributed by atoms with Crippen molar-refractivity contribution in [3.63, 3.8) is 0 Å². The molecule has 1 heterocycles. The molecular weight excluding hydrogens is 240 g/mol. The molecule has 0 unspecified atom stereocenters. The topological polar surface area (TPSA) is 62.2 Å². The first-order chi connectivity index (χ1) is 9.20. The summed E-state index contributed by atoms with van der Waals surface area (Å²) < 4.78 is 0. The van der Waals surface area contributed by atoms with Crippen molar-refractivity contribution >= 4 is 11.6 Å². The van der Waals surface area contributed by atoms with Gasteiger partial charge in [-0.2, -0.15) is 0 Å². The van der Waals surface area contributed by atoms with Crippen LogP contribution in [0.15, 0.2) is 42.6 Å². The van der Waals surface area contributed by atoms with Crippen molar-refractivity contribution in [2.24, 2.45) is 0 Å². The molecule has 98 valence electrons. The quantitative estimate of drug-likeness (QED) is 0.881. The number of aliphatic hydroxyl groups excluding tert-OH is 1. The van der Waals surface area contributed by atoms with Gasteiger partial charge in [-0.3, -0.25) is 9.78 Å². The van der Waals surface area contributed by atoms with Crippen LogP contribution in [0.5, 0.6) is 0 Å². The predicted octanol–water partition coefficient (Wildman–Crippen LogP) is 2.18. The highest BCUT2D eigenvalue weighted by molar-refractivity contribution is 6.04. The van der Waals surface area contributed by atoms with E-state index in [1.807, 2.05) is 31.2 Å². The first-order valence-corrected chi connectivity index (χ1v) is 6.13. The smallest absolute Gasteiger partial charge is 0.255 e. The van der Waals surface area contributed by atoms with Crippen LogP contribution in [0.2, 0.25) is 0 Å². The van der Waals surface area contributed by atoms with E-state index in [9.17, 15) is 4.79 Å². The van der Waals surface area contributed by atoms with Crippen molar-refractivity contribution in [2.45, 2.75) is 13.3 Å². The standard InChI is InChI=1S/C15H16N2O2/c1-11-4-2-3-5-14(11)17-15(19)12-6-8-16-13(10-12)7-9-18/h2-6,8,10,18H,7,9H2,1H3,(H,17,19). The first-order valence-electron chi connectivity index (χ1n) is 6.13. The minimum absolute atomic E-state index is 0.0237. The normalized spacial score (nSPS) is 10.2. The number of rotatable bonds is 4. The molecule has 0 fully saturated rings. The summed E-state index contributed by atoms with van der Waals surface area (Å²) in [5.74, 6) is -0.170. The van der Waals surface area contributed by atoms with E-state index in [-0.39, 0.29) is 12.5 Å². The van der Waals surface area contributed by atoms with Gasteiger partial charge in [0.15, 0.2) is 0 Å². The number of nitrogens with zero attached hydrogens (tertiary/aromatic N) is 1. The zero-order valence-corrected chi connectivity index (χ0v) is 10.8. The van der Waals surface area contributed by atoms with Crippen molar-refractivity contribution in [3.05, 3.63) is 59.4 Å². The molecule has 0 aliphatic carbocycles. The Hall–Kier alpha value is -2.20. The highest BCUT2D eigenvalue weighted by Gasteiger charge is 2.08. The van der Waals surface area contributed by atoms with Crippen LogP contribution >= 0.6 is 0 Å². The summed E-state index contributed by atoms with van der Waals surface area (Å²) in [5, 5.41) is 11.7. The maximum Gasteiger partial charge on any atom is 0.255 e. The van der Waals surface area contributed by atoms with Gasteiger partial charge in [-0.25, -0.2) is 0 Å². The summed E-state index contributed by atoms with van der Waals surface area (Å²) in [6.07, 6.45) is 2.03. The average molecular weight is 256 g/mol. The Morgan fingerprint density at radius 3 is 2.84 bits per heavy atom. The molecule has 4 heteroatoms. The lowest BCUT2D eigenvalue weighted by Crippen LogP contribution is -2.13. The van der Waals surface area contributed by atoms with Gasteiger partial charge in [-0.05, 0) is 30.7 Å². The summed E-state index contributed by atoms with van der Waals surface area (Å²) in [4.78, 5) is 16.2. The lowest BCUT2D eigenvalue weighted by molar-refractivity contribution is 0.102. The number of hydrogen-bond acceptors (Lipinski definition) is 3. The third-order valence-electron chi connectivity index (χ3n) is 2.84. The summed E-state index contributed by atoms with van der Waals surface area (Å²) in [5.41, 5.74) is 3.06.